The maximum atomic E-state index is 13.4. The van der Waals surface area contributed by atoms with Crippen LogP contribution in [0.4, 0.5) is 4.39 Å². The summed E-state index contributed by atoms with van der Waals surface area (Å²) in [5.74, 6) is -0.591. The summed E-state index contributed by atoms with van der Waals surface area (Å²) in [4.78, 5) is 11.7. The van der Waals surface area contributed by atoms with E-state index in [9.17, 15) is 9.18 Å². The SMILES string of the molecule is Cc1ccc(C2(C)NC(=S)NC2=O)cc1F. The minimum Gasteiger partial charge on any atom is -0.345 e. The Labute approximate surface area is 98.0 Å². The zero-order valence-electron chi connectivity index (χ0n) is 8.93. The van der Waals surface area contributed by atoms with Crippen molar-refractivity contribution in [3.63, 3.8) is 0 Å². The van der Waals surface area contributed by atoms with Crippen LogP contribution in [0.2, 0.25) is 0 Å². The van der Waals surface area contributed by atoms with E-state index in [1.807, 2.05) is 0 Å². The van der Waals surface area contributed by atoms with E-state index in [1.54, 1.807) is 26.0 Å². The number of rotatable bonds is 1. The lowest BCUT2D eigenvalue weighted by atomic mass is 9.91. The van der Waals surface area contributed by atoms with Crippen molar-refractivity contribution in [2.45, 2.75) is 19.4 Å². The fourth-order valence-corrected chi connectivity index (χ4v) is 1.95. The van der Waals surface area contributed by atoms with Gasteiger partial charge in [0.05, 0.1) is 0 Å². The lowest BCUT2D eigenvalue weighted by molar-refractivity contribution is -0.123. The number of nitrogens with one attached hydrogen (secondary N) is 2. The van der Waals surface area contributed by atoms with Crippen LogP contribution in [0, 0.1) is 12.7 Å². The van der Waals surface area contributed by atoms with Crippen LogP contribution in [0.1, 0.15) is 18.1 Å². The molecule has 1 aliphatic rings. The van der Waals surface area contributed by atoms with Crippen LogP contribution in [-0.4, -0.2) is 11.0 Å². The molecule has 0 spiro atoms. The second-order valence-corrected chi connectivity index (χ2v) is 4.41. The number of thiocarbonyl (C=S) groups is 1. The highest BCUT2D eigenvalue weighted by Crippen LogP contribution is 2.25. The first-order chi connectivity index (χ1) is 7.43. The number of carbonyl (C=O) groups is 1. The first kappa shape index (κ1) is 11.0. The van der Waals surface area contributed by atoms with Crippen LogP contribution in [0.3, 0.4) is 0 Å². The first-order valence-corrected chi connectivity index (χ1v) is 5.24. The zero-order chi connectivity index (χ0) is 11.9. The van der Waals surface area contributed by atoms with E-state index in [2.05, 4.69) is 10.6 Å². The second-order valence-electron chi connectivity index (χ2n) is 4.00. The smallest absolute Gasteiger partial charge is 0.256 e. The highest BCUT2D eigenvalue weighted by molar-refractivity contribution is 7.80. The molecule has 84 valence electrons. The normalized spacial score (nSPS) is 24.2. The molecule has 2 N–H and O–H groups in total. The topological polar surface area (TPSA) is 41.1 Å². The predicted molar refractivity (Wildman–Crippen MR) is 62.4 cm³/mol. The quantitative estimate of drug-likeness (QED) is 0.726. The molecule has 0 aliphatic carbocycles. The van der Waals surface area contributed by atoms with Crippen LogP contribution in [0.25, 0.3) is 0 Å². The van der Waals surface area contributed by atoms with Gasteiger partial charge >= 0.3 is 0 Å². The van der Waals surface area contributed by atoms with Crippen molar-refractivity contribution < 1.29 is 9.18 Å². The van der Waals surface area contributed by atoms with Crippen molar-refractivity contribution in [3.05, 3.63) is 35.1 Å². The molecule has 1 amide bonds. The number of benzene rings is 1. The van der Waals surface area contributed by atoms with Crippen molar-refractivity contribution in [2.75, 3.05) is 0 Å². The molecular formula is C11H11FN2OS. The van der Waals surface area contributed by atoms with Gasteiger partial charge in [0.15, 0.2) is 5.11 Å². The van der Waals surface area contributed by atoms with Crippen LogP contribution in [0.5, 0.6) is 0 Å². The van der Waals surface area contributed by atoms with Crippen molar-refractivity contribution in [1.29, 1.82) is 0 Å². The largest absolute Gasteiger partial charge is 0.345 e. The molecule has 2 rings (SSSR count). The third kappa shape index (κ3) is 1.57. The molecule has 5 heteroatoms. The summed E-state index contributed by atoms with van der Waals surface area (Å²) in [5, 5.41) is 5.62. The van der Waals surface area contributed by atoms with E-state index >= 15 is 0 Å². The molecule has 1 saturated heterocycles. The highest BCUT2D eigenvalue weighted by Gasteiger charge is 2.41. The number of hydrogen-bond donors (Lipinski definition) is 2. The van der Waals surface area contributed by atoms with Crippen LogP contribution < -0.4 is 10.6 Å². The fraction of sp³-hybridized carbons (Fsp3) is 0.273. The van der Waals surface area contributed by atoms with E-state index in [0.717, 1.165) is 0 Å². The molecular weight excluding hydrogens is 227 g/mol. The summed E-state index contributed by atoms with van der Waals surface area (Å²) >= 11 is 4.87. The zero-order valence-corrected chi connectivity index (χ0v) is 9.74. The Bertz CT molecular complexity index is 489. The molecule has 3 nitrogen and oxygen atoms in total. The molecule has 0 radical (unpaired) electrons. The Morgan fingerprint density at radius 1 is 1.44 bits per heavy atom. The monoisotopic (exact) mass is 238 g/mol. The molecule has 0 aromatic heterocycles. The minimum atomic E-state index is -0.981. The van der Waals surface area contributed by atoms with Gasteiger partial charge < -0.3 is 10.6 Å². The number of halogens is 1. The van der Waals surface area contributed by atoms with Gasteiger partial charge in [-0.2, -0.15) is 0 Å². The molecule has 0 saturated carbocycles. The maximum Gasteiger partial charge on any atom is 0.256 e. The summed E-state index contributed by atoms with van der Waals surface area (Å²) in [6, 6.07) is 4.72. The Kier molecular flexibility index (Phi) is 2.42. The van der Waals surface area contributed by atoms with Crippen LogP contribution in [-0.2, 0) is 10.3 Å². The van der Waals surface area contributed by atoms with Gasteiger partial charge in [-0.15, -0.1) is 0 Å². The number of hydrogen-bond acceptors (Lipinski definition) is 2. The molecule has 1 atom stereocenters. The molecule has 1 heterocycles. The minimum absolute atomic E-state index is 0.263. The van der Waals surface area contributed by atoms with Crippen molar-refractivity contribution in [1.82, 2.24) is 10.6 Å². The van der Waals surface area contributed by atoms with Gasteiger partial charge in [0.1, 0.15) is 11.4 Å². The van der Waals surface area contributed by atoms with Gasteiger partial charge in [0, 0.05) is 0 Å². The van der Waals surface area contributed by atoms with E-state index in [-0.39, 0.29) is 16.8 Å². The molecule has 1 aromatic rings. The number of amides is 1. The van der Waals surface area contributed by atoms with Gasteiger partial charge in [0.2, 0.25) is 0 Å². The Balaban J connectivity index is 2.47. The van der Waals surface area contributed by atoms with Gasteiger partial charge in [-0.1, -0.05) is 12.1 Å². The van der Waals surface area contributed by atoms with E-state index < -0.39 is 5.54 Å². The molecule has 0 bridgehead atoms. The average Bonchev–Trinajstić information content (AvgIpc) is 2.46. The number of aryl methyl sites for hydroxylation is 1. The standard InChI is InChI=1S/C11H11FN2OS/c1-6-3-4-7(5-8(6)12)11(2)9(15)13-10(16)14-11/h3-5H,1-2H3,(H2,13,14,15,16). The lowest BCUT2D eigenvalue weighted by Crippen LogP contribution is -2.40. The molecule has 1 unspecified atom stereocenters. The Hall–Kier alpha value is -1.49. The van der Waals surface area contributed by atoms with Crippen LogP contribution >= 0.6 is 12.2 Å². The molecule has 1 fully saturated rings. The summed E-state index contributed by atoms with van der Waals surface area (Å²) in [6.07, 6.45) is 0. The van der Waals surface area contributed by atoms with E-state index in [4.69, 9.17) is 12.2 Å². The van der Waals surface area contributed by atoms with Gasteiger partial charge in [0.25, 0.3) is 5.91 Å². The summed E-state index contributed by atoms with van der Waals surface area (Å²) in [7, 11) is 0. The van der Waals surface area contributed by atoms with E-state index in [0.29, 0.717) is 11.1 Å². The summed E-state index contributed by atoms with van der Waals surface area (Å²) in [5.41, 5.74) is 0.132. The number of carbonyl (C=O) groups excluding carboxylic acids is 1. The Morgan fingerprint density at radius 3 is 2.62 bits per heavy atom. The highest BCUT2D eigenvalue weighted by atomic mass is 32.1. The fourth-order valence-electron chi connectivity index (χ4n) is 1.65. The van der Waals surface area contributed by atoms with E-state index in [1.165, 1.54) is 6.07 Å². The van der Waals surface area contributed by atoms with Gasteiger partial charge in [-0.25, -0.2) is 4.39 Å². The molecule has 1 aromatic carbocycles. The second kappa shape index (κ2) is 3.52. The third-order valence-corrected chi connectivity index (χ3v) is 3.00. The first-order valence-electron chi connectivity index (χ1n) is 4.84. The third-order valence-electron chi connectivity index (χ3n) is 2.79. The van der Waals surface area contributed by atoms with Crippen molar-refractivity contribution in [3.8, 4) is 0 Å². The Morgan fingerprint density at radius 2 is 2.12 bits per heavy atom. The van der Waals surface area contributed by atoms with Crippen molar-refractivity contribution in [2.24, 2.45) is 0 Å². The molecule has 1 aliphatic heterocycles. The average molecular weight is 238 g/mol. The lowest BCUT2D eigenvalue weighted by Gasteiger charge is -2.21. The summed E-state index contributed by atoms with van der Waals surface area (Å²) < 4.78 is 13.4. The van der Waals surface area contributed by atoms with Gasteiger partial charge in [-0.05, 0) is 43.3 Å². The van der Waals surface area contributed by atoms with Gasteiger partial charge in [-0.3, -0.25) is 4.79 Å². The van der Waals surface area contributed by atoms with Crippen LogP contribution in [0.15, 0.2) is 18.2 Å². The predicted octanol–water partition coefficient (Wildman–Crippen LogP) is 1.35. The summed E-state index contributed by atoms with van der Waals surface area (Å²) in [6.45, 7) is 3.35. The molecule has 16 heavy (non-hydrogen) atoms. The maximum absolute atomic E-state index is 13.4. The van der Waals surface area contributed by atoms with Crippen molar-refractivity contribution >= 4 is 23.2 Å².